The smallest absolute Gasteiger partial charge is 0.141 e. The van der Waals surface area contributed by atoms with E-state index in [-0.39, 0.29) is 74.5 Å². The van der Waals surface area contributed by atoms with Crippen molar-refractivity contribution in [1.82, 2.24) is 0 Å². The van der Waals surface area contributed by atoms with E-state index in [1.54, 1.807) is 0 Å². The molecule has 2 aliphatic rings. The number of fused-ring (bicyclic) bond motifs is 10. The Morgan fingerprint density at radius 2 is 0.618 bits per heavy atom. The molecule has 0 atom stereocenters. The summed E-state index contributed by atoms with van der Waals surface area (Å²) in [6.45, 7) is 0. The third-order valence-corrected chi connectivity index (χ3v) is 6.66. The Morgan fingerprint density at radius 1 is 0.353 bits per heavy atom. The highest BCUT2D eigenvalue weighted by atomic mass is 16.1. The number of benzene rings is 3. The molecular weight excluding hydrogens is 424 g/mol. The molecular formula is C30H26O4. The van der Waals surface area contributed by atoms with Crippen molar-refractivity contribution in [3.63, 3.8) is 0 Å². The fraction of sp³-hybridized carbons (Fsp3) is 0.267. The molecule has 3 aromatic rings. The van der Waals surface area contributed by atoms with Crippen molar-refractivity contribution in [3.05, 3.63) is 105 Å². The summed E-state index contributed by atoms with van der Waals surface area (Å²) in [6, 6.07) is 19.1. The Bertz CT molecular complexity index is 1140. The maximum Gasteiger partial charge on any atom is 0.141 e. The van der Waals surface area contributed by atoms with Crippen molar-refractivity contribution in [1.29, 1.82) is 0 Å². The van der Waals surface area contributed by atoms with Gasteiger partial charge in [-0.1, -0.05) is 60.7 Å². The van der Waals surface area contributed by atoms with Crippen LogP contribution < -0.4 is 0 Å². The Labute approximate surface area is 199 Å². The lowest BCUT2D eigenvalue weighted by Gasteiger charge is -2.18. The molecule has 170 valence electrons. The predicted molar refractivity (Wildman–Crippen MR) is 129 cm³/mol. The Morgan fingerprint density at radius 3 is 0.882 bits per heavy atom. The zero-order valence-electron chi connectivity index (χ0n) is 19.1. The topological polar surface area (TPSA) is 68.3 Å². The van der Waals surface area contributed by atoms with E-state index in [0.29, 0.717) is 0 Å². The van der Waals surface area contributed by atoms with Crippen molar-refractivity contribution in [2.75, 3.05) is 0 Å². The van der Waals surface area contributed by atoms with Gasteiger partial charge in [0.25, 0.3) is 0 Å². The standard InChI is InChI=1S/C30H26O4/c31-27-9-19-3-1-4-20(7-19)10-28(32)16-24-13-23(15-27)25-14-26(24)18-30(34)12-22-6-2-5-21(8-22)11-29(33)17-25/h1-8,13-14H,9-12,15-18H2. The molecule has 0 saturated carbocycles. The summed E-state index contributed by atoms with van der Waals surface area (Å²) in [4.78, 5) is 51.9. The maximum atomic E-state index is 13.0. The van der Waals surface area contributed by atoms with Gasteiger partial charge in [-0.05, 0) is 44.5 Å². The van der Waals surface area contributed by atoms with Crippen molar-refractivity contribution >= 4 is 23.1 Å². The number of Topliss-reactive ketones (excluding diaryl/α,β-unsaturated/α-hetero) is 4. The number of hydrogen-bond donors (Lipinski definition) is 0. The van der Waals surface area contributed by atoms with Crippen LogP contribution in [0, 0.1) is 0 Å². The molecule has 34 heavy (non-hydrogen) atoms. The van der Waals surface area contributed by atoms with Crippen LogP contribution in [0.3, 0.4) is 0 Å². The van der Waals surface area contributed by atoms with Crippen LogP contribution in [-0.4, -0.2) is 23.1 Å². The van der Waals surface area contributed by atoms with Crippen molar-refractivity contribution < 1.29 is 19.2 Å². The Hall–Kier alpha value is -3.66. The van der Waals surface area contributed by atoms with Gasteiger partial charge in [-0.2, -0.15) is 0 Å². The largest absolute Gasteiger partial charge is 0.299 e. The van der Waals surface area contributed by atoms with Crippen molar-refractivity contribution in [3.8, 4) is 0 Å². The van der Waals surface area contributed by atoms with E-state index < -0.39 is 0 Å². The van der Waals surface area contributed by atoms with Gasteiger partial charge in [0.2, 0.25) is 0 Å². The average Bonchev–Trinajstić information content (AvgIpc) is 2.75. The van der Waals surface area contributed by atoms with Crippen molar-refractivity contribution in [2.24, 2.45) is 0 Å². The first-order chi connectivity index (χ1) is 16.4. The first-order valence-corrected chi connectivity index (χ1v) is 11.8. The molecule has 4 heteroatoms. The van der Waals surface area contributed by atoms with Gasteiger partial charge in [0.15, 0.2) is 0 Å². The van der Waals surface area contributed by atoms with Gasteiger partial charge in [-0.15, -0.1) is 0 Å². The zero-order chi connectivity index (χ0) is 23.7. The van der Waals surface area contributed by atoms with E-state index in [1.165, 1.54) is 0 Å². The van der Waals surface area contributed by atoms with Gasteiger partial charge in [0, 0.05) is 51.4 Å². The third-order valence-electron chi connectivity index (χ3n) is 6.66. The fourth-order valence-electron chi connectivity index (χ4n) is 5.16. The van der Waals surface area contributed by atoms with E-state index in [4.69, 9.17) is 0 Å². The lowest BCUT2D eigenvalue weighted by molar-refractivity contribution is -0.119. The van der Waals surface area contributed by atoms with E-state index in [1.807, 2.05) is 60.7 Å². The van der Waals surface area contributed by atoms with Crippen LogP contribution in [0.5, 0.6) is 0 Å². The molecule has 0 saturated heterocycles. The van der Waals surface area contributed by atoms with Crippen LogP contribution >= 0.6 is 0 Å². The Balaban J connectivity index is 1.58. The van der Waals surface area contributed by atoms with Gasteiger partial charge in [-0.25, -0.2) is 0 Å². The Kier molecular flexibility index (Phi) is 6.06. The minimum atomic E-state index is 0.0707. The summed E-state index contributed by atoms with van der Waals surface area (Å²) in [5.41, 5.74) is 6.77. The lowest BCUT2D eigenvalue weighted by atomic mass is 9.85. The van der Waals surface area contributed by atoms with E-state index in [2.05, 4.69) is 0 Å². The van der Waals surface area contributed by atoms with Crippen LogP contribution in [-0.2, 0) is 70.5 Å². The molecule has 0 radical (unpaired) electrons. The molecule has 8 bridgehead atoms. The normalized spacial score (nSPS) is 16.7. The second-order valence-corrected chi connectivity index (χ2v) is 9.60. The van der Waals surface area contributed by atoms with Gasteiger partial charge in [-0.3, -0.25) is 19.2 Å². The highest BCUT2D eigenvalue weighted by Gasteiger charge is 2.21. The molecule has 0 unspecified atom stereocenters. The third kappa shape index (κ3) is 5.12. The highest BCUT2D eigenvalue weighted by molar-refractivity contribution is 5.89. The first kappa shape index (κ1) is 22.1. The van der Waals surface area contributed by atoms with Crippen LogP contribution in [0.1, 0.15) is 44.5 Å². The summed E-state index contributed by atoms with van der Waals surface area (Å²) < 4.78 is 0. The van der Waals surface area contributed by atoms with E-state index in [0.717, 1.165) is 44.5 Å². The summed E-state index contributed by atoms with van der Waals surface area (Å²) in [7, 11) is 0. The molecule has 0 aliphatic heterocycles. The molecule has 2 aliphatic carbocycles. The molecule has 0 spiro atoms. The minimum Gasteiger partial charge on any atom is -0.299 e. The predicted octanol–water partition coefficient (Wildman–Crippen LogP) is 3.73. The van der Waals surface area contributed by atoms with Crippen LogP contribution in [0.15, 0.2) is 60.7 Å². The van der Waals surface area contributed by atoms with Gasteiger partial charge < -0.3 is 0 Å². The summed E-state index contributed by atoms with van der Waals surface area (Å²) in [5, 5.41) is 0. The molecule has 0 fully saturated rings. The monoisotopic (exact) mass is 450 g/mol. The minimum absolute atomic E-state index is 0.0707. The van der Waals surface area contributed by atoms with Gasteiger partial charge in [0.1, 0.15) is 23.1 Å². The second kappa shape index (κ2) is 9.30. The fourth-order valence-corrected chi connectivity index (χ4v) is 5.16. The number of ketones is 4. The number of carbonyl (C=O) groups excluding carboxylic acids is 4. The van der Waals surface area contributed by atoms with Gasteiger partial charge in [0.05, 0.1) is 0 Å². The summed E-state index contributed by atoms with van der Waals surface area (Å²) >= 11 is 0. The summed E-state index contributed by atoms with van der Waals surface area (Å²) in [6.07, 6.45) is 1.98. The number of hydrogen-bond acceptors (Lipinski definition) is 4. The van der Waals surface area contributed by atoms with Crippen LogP contribution in [0.2, 0.25) is 0 Å². The van der Waals surface area contributed by atoms with Crippen LogP contribution in [0.25, 0.3) is 0 Å². The zero-order valence-corrected chi connectivity index (χ0v) is 19.1. The SMILES string of the molecule is O=C1Cc2cccc(c2)CC(=O)Cc2cc(c3cc2CC(=O)Cc2cccc(c2)CC(=O)C3)C1. The average molecular weight is 451 g/mol. The first-order valence-electron chi connectivity index (χ1n) is 11.8. The number of rotatable bonds is 0. The molecule has 0 heterocycles. The summed E-state index contributed by atoms with van der Waals surface area (Å²) in [5.74, 6) is 0.283. The molecule has 0 amide bonds. The second-order valence-electron chi connectivity index (χ2n) is 9.60. The van der Waals surface area contributed by atoms with Crippen molar-refractivity contribution in [2.45, 2.75) is 51.4 Å². The molecule has 5 rings (SSSR count). The quantitative estimate of drug-likeness (QED) is 0.523. The van der Waals surface area contributed by atoms with Crippen LogP contribution in [0.4, 0.5) is 0 Å². The molecule has 0 aromatic heterocycles. The highest BCUT2D eigenvalue weighted by Crippen LogP contribution is 2.24. The van der Waals surface area contributed by atoms with Gasteiger partial charge >= 0.3 is 0 Å². The molecule has 0 N–H and O–H groups in total. The maximum absolute atomic E-state index is 13.0. The van der Waals surface area contributed by atoms with E-state index in [9.17, 15) is 19.2 Å². The molecule has 4 nitrogen and oxygen atoms in total. The lowest BCUT2D eigenvalue weighted by Crippen LogP contribution is -2.18. The number of carbonyl (C=O) groups is 4. The molecule has 3 aromatic carbocycles. The van der Waals surface area contributed by atoms with E-state index >= 15 is 0 Å².